The molecule has 1 aliphatic heterocycles. The van der Waals surface area contributed by atoms with Gasteiger partial charge in [-0.3, -0.25) is 14.4 Å². The van der Waals surface area contributed by atoms with Gasteiger partial charge in [-0.25, -0.2) is 0 Å². The van der Waals surface area contributed by atoms with Crippen LogP contribution >= 0.6 is 0 Å². The molecule has 3 rings (SSSR count). The van der Waals surface area contributed by atoms with E-state index < -0.39 is 11.9 Å². The quantitative estimate of drug-likeness (QED) is 0.530. The number of aryl methyl sites for hydroxylation is 2. The van der Waals surface area contributed by atoms with E-state index >= 15 is 0 Å². The predicted octanol–water partition coefficient (Wildman–Crippen LogP) is 3.48. The van der Waals surface area contributed by atoms with E-state index in [9.17, 15) is 14.4 Å². The van der Waals surface area contributed by atoms with E-state index in [1.807, 2.05) is 26.8 Å². The van der Waals surface area contributed by atoms with Crippen molar-refractivity contribution in [3.05, 3.63) is 59.2 Å². The Morgan fingerprint density at radius 3 is 2.45 bits per heavy atom. The van der Waals surface area contributed by atoms with Gasteiger partial charge in [-0.05, 0) is 62.2 Å². The molecule has 6 heteroatoms. The van der Waals surface area contributed by atoms with Gasteiger partial charge >= 0.3 is 5.97 Å². The van der Waals surface area contributed by atoms with Gasteiger partial charge in [-0.1, -0.05) is 12.1 Å². The second-order valence-corrected chi connectivity index (χ2v) is 7.16. The summed E-state index contributed by atoms with van der Waals surface area (Å²) in [7, 11) is 0. The number of anilines is 1. The molecule has 0 bridgehead atoms. The third kappa shape index (κ3) is 4.83. The number of ketones is 1. The topological polar surface area (TPSA) is 72.9 Å². The summed E-state index contributed by atoms with van der Waals surface area (Å²) in [6, 6.07) is 12.6. The minimum atomic E-state index is -0.582. The Morgan fingerprint density at radius 2 is 1.79 bits per heavy atom. The molecule has 2 aromatic rings. The number of carbonyl (C=O) groups is 3. The molecule has 1 atom stereocenters. The minimum absolute atomic E-state index is 0.0733. The van der Waals surface area contributed by atoms with Crippen molar-refractivity contribution in [1.29, 1.82) is 0 Å². The van der Waals surface area contributed by atoms with Crippen LogP contribution in [-0.4, -0.2) is 37.4 Å². The van der Waals surface area contributed by atoms with Gasteiger partial charge in [0.2, 0.25) is 5.91 Å². The molecule has 1 amide bonds. The second-order valence-electron chi connectivity index (χ2n) is 7.16. The van der Waals surface area contributed by atoms with Crippen molar-refractivity contribution in [2.75, 3.05) is 24.7 Å². The third-order valence-electron chi connectivity index (χ3n) is 5.09. The average Bonchev–Trinajstić information content (AvgIpc) is 3.10. The molecule has 0 radical (unpaired) electrons. The lowest BCUT2D eigenvalue weighted by atomic mass is 10.0. The molecule has 1 heterocycles. The Morgan fingerprint density at radius 1 is 1.07 bits per heavy atom. The number of Topliss-reactive ketones (excluding diaryl/α,β-unsaturated/α-hetero) is 1. The van der Waals surface area contributed by atoms with Gasteiger partial charge in [0.25, 0.3) is 0 Å². The SMILES string of the molecule is CCOc1ccc(N2CC(C(=O)OCC(=O)c3ccc(C)c(C)c3)CC2=O)cc1. The summed E-state index contributed by atoms with van der Waals surface area (Å²) in [5, 5.41) is 0. The largest absolute Gasteiger partial charge is 0.494 e. The highest BCUT2D eigenvalue weighted by molar-refractivity contribution is 6.01. The van der Waals surface area contributed by atoms with Crippen molar-refractivity contribution in [2.24, 2.45) is 5.92 Å². The number of hydrogen-bond donors (Lipinski definition) is 0. The molecule has 1 unspecified atom stereocenters. The van der Waals surface area contributed by atoms with Crippen LogP contribution in [0.1, 0.15) is 34.8 Å². The summed E-state index contributed by atoms with van der Waals surface area (Å²) >= 11 is 0. The highest BCUT2D eigenvalue weighted by Crippen LogP contribution is 2.27. The summed E-state index contributed by atoms with van der Waals surface area (Å²) in [6.45, 7) is 6.28. The monoisotopic (exact) mass is 395 g/mol. The van der Waals surface area contributed by atoms with Crippen LogP contribution in [0.15, 0.2) is 42.5 Å². The number of esters is 1. The number of amides is 1. The normalized spacial score (nSPS) is 16.0. The number of ether oxygens (including phenoxy) is 2. The van der Waals surface area contributed by atoms with Crippen LogP contribution in [-0.2, 0) is 14.3 Å². The van der Waals surface area contributed by atoms with Crippen molar-refractivity contribution in [3.63, 3.8) is 0 Å². The van der Waals surface area contributed by atoms with Crippen LogP contribution in [0.3, 0.4) is 0 Å². The first-order valence-corrected chi connectivity index (χ1v) is 9.69. The smallest absolute Gasteiger partial charge is 0.311 e. The van der Waals surface area contributed by atoms with Gasteiger partial charge in [-0.15, -0.1) is 0 Å². The number of hydrogen-bond acceptors (Lipinski definition) is 5. The molecule has 152 valence electrons. The first-order chi connectivity index (χ1) is 13.9. The average molecular weight is 395 g/mol. The van der Waals surface area contributed by atoms with Crippen molar-refractivity contribution in [2.45, 2.75) is 27.2 Å². The van der Waals surface area contributed by atoms with E-state index in [1.54, 1.807) is 41.3 Å². The number of benzene rings is 2. The van der Waals surface area contributed by atoms with Crippen LogP contribution in [0.5, 0.6) is 5.75 Å². The van der Waals surface area contributed by atoms with Crippen LogP contribution in [0.2, 0.25) is 0 Å². The van der Waals surface area contributed by atoms with E-state index in [0.29, 0.717) is 17.9 Å². The van der Waals surface area contributed by atoms with Gasteiger partial charge < -0.3 is 14.4 Å². The zero-order valence-corrected chi connectivity index (χ0v) is 16.9. The minimum Gasteiger partial charge on any atom is -0.494 e. The summed E-state index contributed by atoms with van der Waals surface area (Å²) < 4.78 is 10.6. The summed E-state index contributed by atoms with van der Waals surface area (Å²) in [5.74, 6) is -0.778. The van der Waals surface area contributed by atoms with Crippen LogP contribution in [0.25, 0.3) is 0 Å². The summed E-state index contributed by atoms with van der Waals surface area (Å²) in [5.41, 5.74) is 3.33. The Labute approximate surface area is 170 Å². The molecule has 0 N–H and O–H groups in total. The fourth-order valence-corrected chi connectivity index (χ4v) is 3.26. The number of rotatable bonds is 7. The molecule has 0 aliphatic carbocycles. The lowest BCUT2D eigenvalue weighted by Crippen LogP contribution is -2.27. The van der Waals surface area contributed by atoms with E-state index in [-0.39, 0.29) is 31.3 Å². The van der Waals surface area contributed by atoms with Gasteiger partial charge in [0, 0.05) is 24.2 Å². The molecule has 0 spiro atoms. The Bertz CT molecular complexity index is 919. The molecular formula is C23H25NO5. The Balaban J connectivity index is 1.57. The number of carbonyl (C=O) groups excluding carboxylic acids is 3. The molecule has 1 saturated heterocycles. The van der Waals surface area contributed by atoms with Crippen molar-refractivity contribution in [3.8, 4) is 5.75 Å². The zero-order chi connectivity index (χ0) is 21.0. The third-order valence-corrected chi connectivity index (χ3v) is 5.09. The highest BCUT2D eigenvalue weighted by Gasteiger charge is 2.36. The molecule has 6 nitrogen and oxygen atoms in total. The standard InChI is InChI=1S/C23H25NO5/c1-4-28-20-9-7-19(8-10-20)24-13-18(12-22(24)26)23(27)29-14-21(25)17-6-5-15(2)16(3)11-17/h5-11,18H,4,12-14H2,1-3H3. The fraction of sp³-hybridized carbons (Fsp3) is 0.348. The summed E-state index contributed by atoms with van der Waals surface area (Å²) in [6.07, 6.45) is 0.0733. The van der Waals surface area contributed by atoms with E-state index in [1.165, 1.54) is 0 Å². The van der Waals surface area contributed by atoms with Crippen LogP contribution in [0.4, 0.5) is 5.69 Å². The van der Waals surface area contributed by atoms with Gasteiger partial charge in [0.1, 0.15) is 5.75 Å². The van der Waals surface area contributed by atoms with E-state index in [2.05, 4.69) is 0 Å². The first kappa shape index (κ1) is 20.6. The van der Waals surface area contributed by atoms with Crippen LogP contribution in [0, 0.1) is 19.8 Å². The van der Waals surface area contributed by atoms with E-state index in [0.717, 1.165) is 16.9 Å². The van der Waals surface area contributed by atoms with Crippen LogP contribution < -0.4 is 9.64 Å². The van der Waals surface area contributed by atoms with Crippen molar-refractivity contribution >= 4 is 23.3 Å². The summed E-state index contributed by atoms with van der Waals surface area (Å²) in [4.78, 5) is 38.6. The maximum atomic E-state index is 12.4. The zero-order valence-electron chi connectivity index (χ0n) is 16.9. The molecule has 0 saturated carbocycles. The van der Waals surface area contributed by atoms with Gasteiger partial charge in [-0.2, -0.15) is 0 Å². The van der Waals surface area contributed by atoms with Crippen molar-refractivity contribution < 1.29 is 23.9 Å². The predicted molar refractivity (Wildman–Crippen MR) is 109 cm³/mol. The maximum Gasteiger partial charge on any atom is 0.311 e. The molecule has 1 aliphatic rings. The number of nitrogens with zero attached hydrogens (tertiary/aromatic N) is 1. The molecule has 0 aromatic heterocycles. The fourth-order valence-electron chi connectivity index (χ4n) is 3.26. The first-order valence-electron chi connectivity index (χ1n) is 9.69. The van der Waals surface area contributed by atoms with Gasteiger partial charge in [0.05, 0.1) is 12.5 Å². The molecular weight excluding hydrogens is 370 g/mol. The van der Waals surface area contributed by atoms with Crippen molar-refractivity contribution in [1.82, 2.24) is 0 Å². The lowest BCUT2D eigenvalue weighted by Gasteiger charge is -2.17. The maximum absolute atomic E-state index is 12.4. The molecule has 29 heavy (non-hydrogen) atoms. The lowest BCUT2D eigenvalue weighted by molar-refractivity contribution is -0.147. The highest BCUT2D eigenvalue weighted by atomic mass is 16.5. The van der Waals surface area contributed by atoms with Gasteiger partial charge in [0.15, 0.2) is 12.4 Å². The molecule has 1 fully saturated rings. The second kappa shape index (κ2) is 8.90. The van der Waals surface area contributed by atoms with E-state index in [4.69, 9.17) is 9.47 Å². The molecule has 2 aromatic carbocycles. The Hall–Kier alpha value is -3.15. The Kier molecular flexibility index (Phi) is 6.32.